The van der Waals surface area contributed by atoms with Gasteiger partial charge in [0.05, 0.1) is 41.3 Å². The molecule has 0 fully saturated rings. The van der Waals surface area contributed by atoms with Gasteiger partial charge < -0.3 is 28.8 Å². The van der Waals surface area contributed by atoms with Crippen LogP contribution in [0.25, 0.3) is 12.2 Å². The molecule has 0 saturated carbocycles. The van der Waals surface area contributed by atoms with Gasteiger partial charge in [-0.2, -0.15) is 0 Å². The van der Waals surface area contributed by atoms with Crippen LogP contribution in [0.4, 0.5) is 0 Å². The first-order valence-corrected chi connectivity index (χ1v) is 9.00. The molecule has 0 amide bonds. The summed E-state index contributed by atoms with van der Waals surface area (Å²) in [5.41, 5.74) is 1.55. The van der Waals surface area contributed by atoms with Crippen LogP contribution in [0, 0.1) is 0 Å². The monoisotopic (exact) mass is 416 g/mol. The lowest BCUT2D eigenvalue weighted by atomic mass is 10.1. The van der Waals surface area contributed by atoms with Gasteiger partial charge >= 0.3 is 11.9 Å². The van der Waals surface area contributed by atoms with Crippen molar-refractivity contribution in [3.63, 3.8) is 0 Å². The highest BCUT2D eigenvalue weighted by Gasteiger charge is 2.13. The first kappa shape index (κ1) is 22.6. The van der Waals surface area contributed by atoms with Gasteiger partial charge in [-0.3, -0.25) is 9.59 Å². The van der Waals surface area contributed by atoms with Crippen LogP contribution in [0.15, 0.2) is 30.3 Å². The molecule has 0 spiro atoms. The molecule has 0 heterocycles. The van der Waals surface area contributed by atoms with E-state index in [9.17, 15) is 9.59 Å². The summed E-state index contributed by atoms with van der Waals surface area (Å²) in [7, 11) is 6.07. The Balaban J connectivity index is 2.27. The van der Waals surface area contributed by atoms with E-state index in [0.29, 0.717) is 23.0 Å². The van der Waals surface area contributed by atoms with Gasteiger partial charge in [0, 0.05) is 0 Å². The summed E-state index contributed by atoms with van der Waals surface area (Å²) in [6.45, 7) is 0. The van der Waals surface area contributed by atoms with Crippen LogP contribution in [0.5, 0.6) is 28.7 Å². The van der Waals surface area contributed by atoms with Crippen molar-refractivity contribution in [1.29, 1.82) is 0 Å². The van der Waals surface area contributed by atoms with E-state index in [0.717, 1.165) is 11.1 Å². The van der Waals surface area contributed by atoms with Crippen LogP contribution >= 0.6 is 0 Å². The Hall–Kier alpha value is -3.68. The Labute approximate surface area is 174 Å². The van der Waals surface area contributed by atoms with Crippen molar-refractivity contribution in [3.8, 4) is 28.7 Å². The fraction of sp³-hybridized carbons (Fsp3) is 0.273. The number of ether oxygens (including phenoxy) is 5. The molecule has 0 radical (unpaired) electrons. The second kappa shape index (κ2) is 10.8. The minimum atomic E-state index is -1.07. The Bertz CT molecular complexity index is 908. The summed E-state index contributed by atoms with van der Waals surface area (Å²) in [6, 6.07) is 8.69. The molecule has 0 aliphatic carbocycles. The number of benzene rings is 2. The van der Waals surface area contributed by atoms with Gasteiger partial charge in [0.25, 0.3) is 0 Å². The van der Waals surface area contributed by atoms with E-state index in [1.165, 1.54) is 14.2 Å². The molecule has 0 saturated heterocycles. The van der Waals surface area contributed by atoms with Gasteiger partial charge in [-0.15, -0.1) is 0 Å². The fourth-order valence-electron chi connectivity index (χ4n) is 2.65. The largest absolute Gasteiger partial charge is 0.493 e. The van der Waals surface area contributed by atoms with E-state index in [4.69, 9.17) is 28.8 Å². The van der Waals surface area contributed by atoms with E-state index in [-0.39, 0.29) is 18.6 Å². The van der Waals surface area contributed by atoms with Gasteiger partial charge in [0.2, 0.25) is 5.75 Å². The van der Waals surface area contributed by atoms with Gasteiger partial charge in [-0.1, -0.05) is 18.2 Å². The molecule has 2 rings (SSSR count). The lowest BCUT2D eigenvalue weighted by Crippen LogP contribution is -2.11. The maximum atomic E-state index is 11.9. The molecule has 2 aromatic rings. The molecule has 8 heteroatoms. The molecule has 30 heavy (non-hydrogen) atoms. The summed E-state index contributed by atoms with van der Waals surface area (Å²) in [4.78, 5) is 22.5. The average Bonchev–Trinajstić information content (AvgIpc) is 2.75. The third-order valence-electron chi connectivity index (χ3n) is 4.11. The predicted octanol–water partition coefficient (Wildman–Crippen LogP) is 3.66. The SMILES string of the molecule is COc1ccc(/C=C\c2cc(OC)c(OC)c(OC)c2)cc1OC(=O)CCC(=O)O. The third-order valence-corrected chi connectivity index (χ3v) is 4.11. The minimum Gasteiger partial charge on any atom is -0.493 e. The van der Waals surface area contributed by atoms with E-state index in [1.54, 1.807) is 44.6 Å². The highest BCUT2D eigenvalue weighted by atomic mass is 16.6. The molecular formula is C22H24O8. The smallest absolute Gasteiger partial charge is 0.311 e. The Kier molecular flexibility index (Phi) is 8.10. The summed E-state index contributed by atoms with van der Waals surface area (Å²) in [5.74, 6) is 0.404. The highest BCUT2D eigenvalue weighted by molar-refractivity contribution is 5.79. The molecule has 2 aromatic carbocycles. The summed E-state index contributed by atoms with van der Waals surface area (Å²) >= 11 is 0. The van der Waals surface area contributed by atoms with Crippen LogP contribution in [0.3, 0.4) is 0 Å². The first-order chi connectivity index (χ1) is 14.4. The number of hydrogen-bond acceptors (Lipinski definition) is 7. The summed E-state index contributed by atoms with van der Waals surface area (Å²) in [6.07, 6.45) is 3.11. The first-order valence-electron chi connectivity index (χ1n) is 9.00. The van der Waals surface area contributed by atoms with Gasteiger partial charge in [-0.05, 0) is 35.4 Å². The third kappa shape index (κ3) is 5.91. The van der Waals surface area contributed by atoms with E-state index >= 15 is 0 Å². The van der Waals surface area contributed by atoms with Crippen molar-refractivity contribution in [1.82, 2.24) is 0 Å². The highest BCUT2D eigenvalue weighted by Crippen LogP contribution is 2.38. The number of aliphatic carboxylic acids is 1. The Morgan fingerprint density at radius 1 is 0.767 bits per heavy atom. The number of hydrogen-bond donors (Lipinski definition) is 1. The number of methoxy groups -OCH3 is 4. The number of esters is 1. The zero-order chi connectivity index (χ0) is 22.1. The van der Waals surface area contributed by atoms with E-state index in [1.807, 2.05) is 12.2 Å². The maximum Gasteiger partial charge on any atom is 0.311 e. The van der Waals surface area contributed by atoms with Crippen molar-refractivity contribution in [2.45, 2.75) is 12.8 Å². The van der Waals surface area contributed by atoms with Crippen LogP contribution in [0.1, 0.15) is 24.0 Å². The molecule has 0 unspecified atom stereocenters. The van der Waals surface area contributed by atoms with Crippen LogP contribution in [-0.4, -0.2) is 45.5 Å². The number of carboxylic acid groups (broad SMARTS) is 1. The molecular weight excluding hydrogens is 392 g/mol. The summed E-state index contributed by atoms with van der Waals surface area (Å²) in [5, 5.41) is 8.69. The Morgan fingerprint density at radius 3 is 1.87 bits per heavy atom. The standard InChI is InChI=1S/C22H24O8/c1-26-16-8-7-14(11-17(16)30-21(25)10-9-20(23)24)5-6-15-12-18(27-2)22(29-4)19(13-15)28-3/h5-8,11-13H,9-10H2,1-4H3,(H,23,24)/b6-5-. The molecule has 0 aromatic heterocycles. The van der Waals surface area contributed by atoms with E-state index in [2.05, 4.69) is 0 Å². The quantitative estimate of drug-likeness (QED) is 0.356. The van der Waals surface area contributed by atoms with Crippen LogP contribution in [-0.2, 0) is 9.59 Å². The van der Waals surface area contributed by atoms with Crippen molar-refractivity contribution in [3.05, 3.63) is 41.5 Å². The maximum absolute atomic E-state index is 11.9. The van der Waals surface area contributed by atoms with E-state index < -0.39 is 11.9 Å². The van der Waals surface area contributed by atoms with Crippen molar-refractivity contribution in [2.24, 2.45) is 0 Å². The van der Waals surface area contributed by atoms with Gasteiger partial charge in [0.15, 0.2) is 23.0 Å². The molecule has 1 N–H and O–H groups in total. The zero-order valence-corrected chi connectivity index (χ0v) is 17.3. The van der Waals surface area contributed by atoms with Gasteiger partial charge in [-0.25, -0.2) is 0 Å². The predicted molar refractivity (Wildman–Crippen MR) is 111 cm³/mol. The molecule has 0 atom stereocenters. The van der Waals surface area contributed by atoms with Crippen LogP contribution < -0.4 is 23.7 Å². The van der Waals surface area contributed by atoms with Crippen molar-refractivity contribution < 1.29 is 38.4 Å². The molecule has 8 nitrogen and oxygen atoms in total. The number of carbonyl (C=O) groups excluding carboxylic acids is 1. The lowest BCUT2D eigenvalue weighted by Gasteiger charge is -2.13. The molecule has 0 aliphatic heterocycles. The zero-order valence-electron chi connectivity index (χ0n) is 17.3. The summed E-state index contributed by atoms with van der Waals surface area (Å²) < 4.78 is 26.5. The van der Waals surface area contributed by atoms with Gasteiger partial charge in [0.1, 0.15) is 0 Å². The van der Waals surface area contributed by atoms with Crippen molar-refractivity contribution >= 4 is 24.1 Å². The molecule has 160 valence electrons. The Morgan fingerprint density at radius 2 is 1.33 bits per heavy atom. The second-order valence-corrected chi connectivity index (χ2v) is 6.07. The topological polar surface area (TPSA) is 101 Å². The second-order valence-electron chi connectivity index (χ2n) is 6.07. The average molecular weight is 416 g/mol. The number of rotatable bonds is 10. The molecule has 0 aliphatic rings. The van der Waals surface area contributed by atoms with Crippen LogP contribution in [0.2, 0.25) is 0 Å². The number of carboxylic acids is 1. The lowest BCUT2D eigenvalue weighted by molar-refractivity contribution is -0.142. The molecule has 0 bridgehead atoms. The number of carbonyl (C=O) groups is 2. The fourth-order valence-corrected chi connectivity index (χ4v) is 2.65. The minimum absolute atomic E-state index is 0.208. The van der Waals surface area contributed by atoms with Crippen molar-refractivity contribution in [2.75, 3.05) is 28.4 Å². The normalized spacial score (nSPS) is 10.5.